The third-order valence-electron chi connectivity index (χ3n) is 3.63. The Kier molecular flexibility index (Phi) is 5.55. The van der Waals surface area contributed by atoms with Crippen LogP contribution in [0.3, 0.4) is 0 Å². The number of benzene rings is 1. The first-order chi connectivity index (χ1) is 12.0. The molecule has 0 saturated carbocycles. The zero-order chi connectivity index (χ0) is 18.6. The molecule has 0 N–H and O–H groups in total. The molecule has 0 aliphatic rings. The van der Waals surface area contributed by atoms with Crippen LogP contribution in [0, 0.1) is 11.3 Å². The summed E-state index contributed by atoms with van der Waals surface area (Å²) in [5, 5.41) is 13.5. The van der Waals surface area contributed by atoms with E-state index >= 15 is 0 Å². The van der Waals surface area contributed by atoms with E-state index < -0.39 is 5.97 Å². The molecule has 0 bridgehead atoms. The van der Waals surface area contributed by atoms with Crippen molar-refractivity contribution in [2.45, 2.75) is 26.7 Å². The van der Waals surface area contributed by atoms with Gasteiger partial charge in [0.1, 0.15) is 11.4 Å². The predicted molar refractivity (Wildman–Crippen MR) is 90.3 cm³/mol. The fourth-order valence-electron chi connectivity index (χ4n) is 2.57. The second kappa shape index (κ2) is 7.62. The zero-order valence-corrected chi connectivity index (χ0v) is 14.6. The molecule has 7 heteroatoms. The van der Waals surface area contributed by atoms with Crippen molar-refractivity contribution < 1.29 is 19.1 Å². The minimum Gasteiger partial charge on any atom is -0.494 e. The highest BCUT2D eigenvalue weighted by Gasteiger charge is 2.27. The number of nitriles is 1. The fourth-order valence-corrected chi connectivity index (χ4v) is 2.57. The Bertz CT molecular complexity index is 847. The number of hydrogen-bond acceptors (Lipinski definition) is 6. The first-order valence-corrected chi connectivity index (χ1v) is 7.82. The second-order valence-corrected chi connectivity index (χ2v) is 5.55. The lowest BCUT2D eigenvalue weighted by molar-refractivity contribution is 0.0517. The summed E-state index contributed by atoms with van der Waals surface area (Å²) in [7, 11) is 1.50. The normalized spacial score (nSPS) is 10.4. The monoisotopic (exact) mass is 341 g/mol. The number of hydrogen-bond donors (Lipinski definition) is 0. The van der Waals surface area contributed by atoms with Crippen molar-refractivity contribution in [1.29, 1.82) is 5.26 Å². The van der Waals surface area contributed by atoms with Crippen LogP contribution in [-0.2, 0) is 4.74 Å². The van der Waals surface area contributed by atoms with Gasteiger partial charge in [0, 0.05) is 0 Å². The van der Waals surface area contributed by atoms with Gasteiger partial charge in [0.05, 0.1) is 36.6 Å². The number of rotatable bonds is 6. The van der Waals surface area contributed by atoms with Gasteiger partial charge in [-0.15, -0.1) is 0 Å². The average molecular weight is 341 g/mol. The molecule has 2 aromatic rings. The van der Waals surface area contributed by atoms with Crippen LogP contribution in [-0.4, -0.2) is 35.8 Å². The van der Waals surface area contributed by atoms with E-state index in [-0.39, 0.29) is 23.8 Å². The van der Waals surface area contributed by atoms with E-state index in [1.165, 1.54) is 11.8 Å². The van der Waals surface area contributed by atoms with Crippen molar-refractivity contribution in [3.8, 4) is 17.5 Å². The Balaban J connectivity index is 2.80. The quantitative estimate of drug-likeness (QED) is 0.592. The molecule has 0 saturated heterocycles. The van der Waals surface area contributed by atoms with Crippen LogP contribution in [0.1, 0.15) is 58.8 Å². The lowest BCUT2D eigenvalue weighted by atomic mass is 10.0. The molecule has 0 aliphatic heterocycles. The van der Waals surface area contributed by atoms with Crippen molar-refractivity contribution in [2.24, 2.45) is 0 Å². The van der Waals surface area contributed by atoms with Crippen LogP contribution in [0.5, 0.6) is 5.75 Å². The molecule has 0 amide bonds. The molecule has 130 valence electrons. The highest BCUT2D eigenvalue weighted by Crippen LogP contribution is 2.30. The number of carbonyl (C=O) groups is 2. The third kappa shape index (κ3) is 3.38. The lowest BCUT2D eigenvalue weighted by Crippen LogP contribution is -2.09. The van der Waals surface area contributed by atoms with Crippen molar-refractivity contribution >= 4 is 12.3 Å². The summed E-state index contributed by atoms with van der Waals surface area (Å²) in [6.07, 6.45) is 0.603. The second-order valence-electron chi connectivity index (χ2n) is 5.55. The van der Waals surface area contributed by atoms with Crippen molar-refractivity contribution in [2.75, 3.05) is 13.7 Å². The smallest absolute Gasteiger partial charge is 0.359 e. The van der Waals surface area contributed by atoms with E-state index in [0.29, 0.717) is 29.0 Å². The van der Waals surface area contributed by atoms with Gasteiger partial charge in [-0.25, -0.2) is 9.48 Å². The van der Waals surface area contributed by atoms with Gasteiger partial charge >= 0.3 is 5.97 Å². The van der Waals surface area contributed by atoms with E-state index in [0.717, 1.165) is 0 Å². The molecule has 0 aliphatic carbocycles. The topological polar surface area (TPSA) is 94.2 Å². The van der Waals surface area contributed by atoms with E-state index in [9.17, 15) is 9.59 Å². The zero-order valence-electron chi connectivity index (χ0n) is 14.6. The Hall–Kier alpha value is -3.14. The molecular formula is C18H19N3O4. The maximum absolute atomic E-state index is 12.2. The molecular weight excluding hydrogens is 322 g/mol. The van der Waals surface area contributed by atoms with Gasteiger partial charge in [0.15, 0.2) is 12.0 Å². The first-order valence-electron chi connectivity index (χ1n) is 7.82. The van der Waals surface area contributed by atoms with Crippen molar-refractivity contribution in [1.82, 2.24) is 9.78 Å². The molecule has 7 nitrogen and oxygen atoms in total. The van der Waals surface area contributed by atoms with Crippen LogP contribution in [0.15, 0.2) is 18.2 Å². The van der Waals surface area contributed by atoms with Gasteiger partial charge < -0.3 is 9.47 Å². The molecule has 1 aromatic heterocycles. The summed E-state index contributed by atoms with van der Waals surface area (Å²) in [5.74, 6) is -0.303. The lowest BCUT2D eigenvalue weighted by Gasteiger charge is -2.14. The minimum absolute atomic E-state index is 0.0510. The predicted octanol–water partition coefficient (Wildman–Crippen LogP) is 2.87. The number of carbonyl (C=O) groups excluding carboxylic acids is 2. The SMILES string of the molecule is CCOC(=O)c1nn(-c2cc(C#N)ccc2OC)c(C(C)C)c1C=O. The van der Waals surface area contributed by atoms with E-state index in [1.54, 1.807) is 25.1 Å². The third-order valence-corrected chi connectivity index (χ3v) is 3.63. The summed E-state index contributed by atoms with van der Waals surface area (Å²) in [6.45, 7) is 5.62. The van der Waals surface area contributed by atoms with Crippen LogP contribution in [0.25, 0.3) is 5.69 Å². The van der Waals surface area contributed by atoms with Crippen molar-refractivity contribution in [3.63, 3.8) is 0 Å². The number of nitrogens with zero attached hydrogens (tertiary/aromatic N) is 3. The van der Waals surface area contributed by atoms with Gasteiger partial charge in [0.25, 0.3) is 0 Å². The van der Waals surface area contributed by atoms with Gasteiger partial charge in [0.2, 0.25) is 0 Å². The highest BCUT2D eigenvalue weighted by molar-refractivity contribution is 5.97. The highest BCUT2D eigenvalue weighted by atomic mass is 16.5. The molecule has 0 atom stereocenters. The van der Waals surface area contributed by atoms with Gasteiger partial charge in [-0.05, 0) is 31.0 Å². The molecule has 25 heavy (non-hydrogen) atoms. The van der Waals surface area contributed by atoms with Crippen LogP contribution >= 0.6 is 0 Å². The summed E-state index contributed by atoms with van der Waals surface area (Å²) >= 11 is 0. The Labute approximate surface area is 145 Å². The van der Waals surface area contributed by atoms with Gasteiger partial charge in [-0.2, -0.15) is 10.4 Å². The standard InChI is InChI=1S/C18H19N3O4/c1-5-25-18(23)16-13(10-22)17(11(2)3)21(20-16)14-8-12(9-19)6-7-15(14)24-4/h6-8,10-11H,5H2,1-4H3. The molecule has 1 aromatic carbocycles. The number of ether oxygens (including phenoxy) is 2. The Morgan fingerprint density at radius 2 is 2.16 bits per heavy atom. The summed E-state index contributed by atoms with van der Waals surface area (Å²) in [4.78, 5) is 23.8. The Morgan fingerprint density at radius 3 is 2.68 bits per heavy atom. The van der Waals surface area contributed by atoms with Gasteiger partial charge in [-0.1, -0.05) is 13.8 Å². The van der Waals surface area contributed by atoms with Crippen molar-refractivity contribution in [3.05, 3.63) is 40.7 Å². The van der Waals surface area contributed by atoms with Crippen LogP contribution in [0.2, 0.25) is 0 Å². The summed E-state index contributed by atoms with van der Waals surface area (Å²) in [6, 6.07) is 6.92. The molecule has 2 rings (SSSR count). The first kappa shape index (κ1) is 18.2. The minimum atomic E-state index is -0.666. The maximum Gasteiger partial charge on any atom is 0.359 e. The van der Waals surface area contributed by atoms with E-state index in [2.05, 4.69) is 11.2 Å². The molecule has 0 fully saturated rings. The van der Waals surface area contributed by atoms with Crippen LogP contribution < -0.4 is 4.74 Å². The number of aldehydes is 1. The molecule has 0 radical (unpaired) electrons. The van der Waals surface area contributed by atoms with Gasteiger partial charge in [-0.3, -0.25) is 4.79 Å². The summed E-state index contributed by atoms with van der Waals surface area (Å²) in [5.41, 5.74) is 1.56. The maximum atomic E-state index is 12.2. The number of aromatic nitrogens is 2. The van der Waals surface area contributed by atoms with E-state index in [4.69, 9.17) is 14.7 Å². The number of esters is 1. The average Bonchev–Trinajstić information content (AvgIpc) is 3.01. The number of methoxy groups -OCH3 is 1. The fraction of sp³-hybridized carbons (Fsp3) is 0.333. The van der Waals surface area contributed by atoms with Crippen LogP contribution in [0.4, 0.5) is 0 Å². The van der Waals surface area contributed by atoms with E-state index in [1.807, 2.05) is 13.8 Å². The molecule has 0 spiro atoms. The molecule has 1 heterocycles. The largest absolute Gasteiger partial charge is 0.494 e. The Morgan fingerprint density at radius 1 is 1.44 bits per heavy atom. The molecule has 0 unspecified atom stereocenters. The summed E-state index contributed by atoms with van der Waals surface area (Å²) < 4.78 is 11.8.